The molecule has 0 radical (unpaired) electrons. The van der Waals surface area contributed by atoms with Crippen molar-refractivity contribution in [1.82, 2.24) is 17.5 Å². The van der Waals surface area contributed by atoms with Gasteiger partial charge in [-0.25, -0.2) is 8.78 Å². The highest BCUT2D eigenvalue weighted by atomic mass is 32.1. The Balaban J connectivity index is 1.38. The Morgan fingerprint density at radius 3 is 0.986 bits per heavy atom. The van der Waals surface area contributed by atoms with Gasteiger partial charge in [0.15, 0.2) is 0 Å². The minimum atomic E-state index is -0.849. The molecule has 4 heterocycles. The van der Waals surface area contributed by atoms with E-state index < -0.39 is 47.5 Å². The van der Waals surface area contributed by atoms with Gasteiger partial charge in [0.2, 0.25) is 0 Å². The summed E-state index contributed by atoms with van der Waals surface area (Å²) in [6.45, 7) is 25.4. The van der Waals surface area contributed by atoms with Crippen molar-refractivity contribution >= 4 is 70.7 Å². The van der Waals surface area contributed by atoms with Crippen LogP contribution in [0.15, 0.2) is 12.1 Å². The molecule has 378 valence electrons. The molecule has 0 atom stereocenters. The van der Waals surface area contributed by atoms with Gasteiger partial charge in [-0.1, -0.05) is 143 Å². The van der Waals surface area contributed by atoms with Gasteiger partial charge < -0.3 is 18.6 Å². The Kier molecular flexibility index (Phi) is 14.7. The number of rotatable bonds is 22. The van der Waals surface area contributed by atoms with Crippen molar-refractivity contribution in [3.63, 3.8) is 0 Å². The summed E-state index contributed by atoms with van der Waals surface area (Å²) in [6, 6.07) is 4.36. The second-order valence-corrected chi connectivity index (χ2v) is 24.5. The van der Waals surface area contributed by atoms with E-state index in [0.29, 0.717) is 81.1 Å². The van der Waals surface area contributed by atoms with E-state index in [1.54, 1.807) is 0 Å². The Morgan fingerprint density at radius 1 is 0.414 bits per heavy atom. The Labute approximate surface area is 426 Å². The Hall–Kier alpha value is -2.87. The minimum absolute atomic E-state index is 0.315. The van der Waals surface area contributed by atoms with E-state index in [4.69, 9.17) is 36.1 Å². The molecule has 0 saturated carbocycles. The molecule has 4 aliphatic rings. The molecule has 9 rings (SSSR count). The van der Waals surface area contributed by atoms with Crippen LogP contribution in [-0.2, 0) is 29.4 Å². The van der Waals surface area contributed by atoms with Crippen LogP contribution in [0.25, 0.3) is 44.3 Å². The zero-order chi connectivity index (χ0) is 50.0. The lowest BCUT2D eigenvalue weighted by Crippen LogP contribution is -2.41. The average molecular weight is 995 g/mol. The zero-order valence-corrected chi connectivity index (χ0v) is 46.1. The maximum Gasteiger partial charge on any atom is 0.497 e. The van der Waals surface area contributed by atoms with Crippen molar-refractivity contribution in [2.24, 2.45) is 0 Å². The molecule has 2 saturated heterocycles. The lowest BCUT2D eigenvalue weighted by atomic mass is 9.66. The molecular formula is C56H78B2F2N4O4S2. The SMILES string of the molecule is CCCCCCC1(CCCCCC)c2cc(B3OC(C)(C)C(C)(C)O3)c3nsnc3c2-c2c(F)c3c(c(F)c21)-c1c(cc(B2OC(C)(C)C(C)(C)O2)c2nsnc12)C3(CCCCCC)CCCCCC. The fourth-order valence-corrected chi connectivity index (χ4v) is 13.7. The predicted molar refractivity (Wildman–Crippen MR) is 287 cm³/mol. The van der Waals surface area contributed by atoms with E-state index in [1.807, 2.05) is 0 Å². The van der Waals surface area contributed by atoms with Crippen molar-refractivity contribution in [2.75, 3.05) is 0 Å². The second kappa shape index (κ2) is 19.8. The van der Waals surface area contributed by atoms with Crippen molar-refractivity contribution in [3.05, 3.63) is 46.0 Å². The first-order valence-corrected chi connectivity index (χ1v) is 28.7. The van der Waals surface area contributed by atoms with Gasteiger partial charge in [0.1, 0.15) is 33.7 Å². The summed E-state index contributed by atoms with van der Waals surface area (Å²) in [5.74, 6) is -0.630. The highest BCUT2D eigenvalue weighted by Gasteiger charge is 2.58. The number of halogens is 2. The lowest BCUT2D eigenvalue weighted by molar-refractivity contribution is 0.00578. The van der Waals surface area contributed by atoms with Gasteiger partial charge in [-0.15, -0.1) is 0 Å². The molecule has 70 heavy (non-hydrogen) atoms. The molecule has 2 fully saturated rings. The van der Waals surface area contributed by atoms with Gasteiger partial charge in [0.25, 0.3) is 0 Å². The van der Waals surface area contributed by atoms with Crippen LogP contribution in [-0.4, -0.2) is 54.1 Å². The van der Waals surface area contributed by atoms with Crippen molar-refractivity contribution in [2.45, 2.75) is 245 Å². The molecule has 2 aliphatic heterocycles. The molecule has 0 unspecified atom stereocenters. The smallest absolute Gasteiger partial charge is 0.399 e. The fraction of sp³-hybridized carbons (Fsp3) is 0.679. The summed E-state index contributed by atoms with van der Waals surface area (Å²) in [5, 5.41) is 0. The van der Waals surface area contributed by atoms with Crippen molar-refractivity contribution in [1.29, 1.82) is 0 Å². The first-order chi connectivity index (χ1) is 33.4. The van der Waals surface area contributed by atoms with E-state index in [-0.39, 0.29) is 11.6 Å². The first-order valence-electron chi connectivity index (χ1n) is 27.2. The lowest BCUT2D eigenvalue weighted by Gasteiger charge is -2.35. The highest BCUT2D eigenvalue weighted by Crippen LogP contribution is 2.65. The third-order valence-electron chi connectivity index (χ3n) is 17.8. The molecule has 2 aromatic heterocycles. The van der Waals surface area contributed by atoms with Gasteiger partial charge >= 0.3 is 14.2 Å². The first kappa shape index (κ1) is 52.0. The van der Waals surface area contributed by atoms with E-state index in [9.17, 15) is 0 Å². The van der Waals surface area contributed by atoms with Gasteiger partial charge in [-0.3, -0.25) is 0 Å². The maximum atomic E-state index is 19.8. The predicted octanol–water partition coefficient (Wildman–Crippen LogP) is 15.0. The van der Waals surface area contributed by atoms with E-state index in [1.165, 1.54) is 0 Å². The van der Waals surface area contributed by atoms with Crippen LogP contribution < -0.4 is 10.9 Å². The largest absolute Gasteiger partial charge is 0.497 e. The average Bonchev–Trinajstić information content (AvgIpc) is 4.15. The number of aromatic nitrogens is 4. The van der Waals surface area contributed by atoms with Gasteiger partial charge in [-0.2, -0.15) is 17.5 Å². The van der Waals surface area contributed by atoms with Crippen LogP contribution in [0.3, 0.4) is 0 Å². The van der Waals surface area contributed by atoms with Gasteiger partial charge in [-0.05, 0) is 92.2 Å². The summed E-state index contributed by atoms with van der Waals surface area (Å²) in [7, 11) is -1.45. The number of hydrogen-bond acceptors (Lipinski definition) is 10. The second-order valence-electron chi connectivity index (χ2n) is 23.4. The van der Waals surface area contributed by atoms with Crippen LogP contribution in [0.4, 0.5) is 8.78 Å². The van der Waals surface area contributed by atoms with Crippen LogP contribution in [0.2, 0.25) is 0 Å². The third kappa shape index (κ3) is 8.35. The number of fused-ring (bicyclic) bond motifs is 10. The summed E-state index contributed by atoms with van der Waals surface area (Å²) in [6.07, 6.45) is 18.9. The van der Waals surface area contributed by atoms with Gasteiger partial charge in [0.05, 0.1) is 45.9 Å². The van der Waals surface area contributed by atoms with Gasteiger partial charge in [0, 0.05) is 55.1 Å². The van der Waals surface area contributed by atoms with Crippen LogP contribution in [0.1, 0.15) is 234 Å². The minimum Gasteiger partial charge on any atom is -0.399 e. The Morgan fingerprint density at radius 2 is 0.700 bits per heavy atom. The zero-order valence-electron chi connectivity index (χ0n) is 44.4. The molecule has 14 heteroatoms. The van der Waals surface area contributed by atoms with Crippen molar-refractivity contribution < 1.29 is 27.4 Å². The third-order valence-corrected chi connectivity index (χ3v) is 18.9. The normalized spacial score (nSPS) is 19.7. The van der Waals surface area contributed by atoms with E-state index >= 15 is 8.78 Å². The van der Waals surface area contributed by atoms with E-state index in [2.05, 4.69) is 95.2 Å². The number of hydrogen-bond donors (Lipinski definition) is 0. The molecule has 3 aromatic carbocycles. The standard InChI is InChI=1S/C56H78B2F2N4O4S2/c1-13-17-21-25-29-55(30-26-22-18-14-2)35-33-37(57-65-51(5,6)52(7,8)66-57)47-49(63-69-61-47)39(35)41-43(55)45(59)42-40-36(56(44(42)46(41)60,31-27-23-19-15-3)32-28-24-20-16-4)34-38(48-50(40)64-70-62-48)58-67-53(9,10)54(11,12)68-58/h33-34H,13-32H2,1-12H3. The monoisotopic (exact) mass is 995 g/mol. The molecule has 2 aliphatic carbocycles. The van der Waals surface area contributed by atoms with Crippen LogP contribution >= 0.6 is 23.5 Å². The number of nitrogens with zero attached hydrogens (tertiary/aromatic N) is 4. The number of benzene rings is 3. The summed E-state index contributed by atoms with van der Waals surface area (Å²) < 4.78 is 86.7. The summed E-state index contributed by atoms with van der Waals surface area (Å²) in [4.78, 5) is 0. The van der Waals surface area contributed by atoms with Crippen LogP contribution in [0.5, 0.6) is 0 Å². The quantitative estimate of drug-likeness (QED) is 0.0500. The van der Waals surface area contributed by atoms with E-state index in [0.717, 1.165) is 148 Å². The molecule has 0 amide bonds. The fourth-order valence-electron chi connectivity index (χ4n) is 12.5. The Bertz CT molecular complexity index is 2490. The molecule has 0 spiro atoms. The molecule has 5 aromatic rings. The highest BCUT2D eigenvalue weighted by molar-refractivity contribution is 7.00. The number of unbranched alkanes of at least 4 members (excludes halogenated alkanes) is 12. The summed E-state index contributed by atoms with van der Waals surface area (Å²) in [5.41, 5.74) is 4.96. The molecule has 8 nitrogen and oxygen atoms in total. The topological polar surface area (TPSA) is 88.5 Å². The summed E-state index contributed by atoms with van der Waals surface area (Å²) >= 11 is 2.24. The molecule has 0 N–H and O–H groups in total. The van der Waals surface area contributed by atoms with Crippen LogP contribution in [0, 0.1) is 11.6 Å². The van der Waals surface area contributed by atoms with Crippen molar-refractivity contribution in [3.8, 4) is 22.3 Å². The molecular weight excluding hydrogens is 916 g/mol. The maximum absolute atomic E-state index is 19.8. The molecule has 0 bridgehead atoms.